The van der Waals surface area contributed by atoms with E-state index in [9.17, 15) is 0 Å². The van der Waals surface area contributed by atoms with E-state index >= 15 is 0 Å². The third-order valence-corrected chi connectivity index (χ3v) is 4.35. The van der Waals surface area contributed by atoms with Crippen molar-refractivity contribution in [2.24, 2.45) is 0 Å². The zero-order chi connectivity index (χ0) is 11.5. The zero-order valence-electron chi connectivity index (χ0n) is 9.74. The van der Waals surface area contributed by atoms with Crippen molar-refractivity contribution in [2.75, 3.05) is 0 Å². The second kappa shape index (κ2) is 5.37. The summed E-state index contributed by atoms with van der Waals surface area (Å²) in [4.78, 5) is 8.87. The molecule has 0 N–H and O–H groups in total. The van der Waals surface area contributed by atoms with E-state index in [0.29, 0.717) is 16.3 Å². The Bertz CT molecular complexity index is 366. The van der Waals surface area contributed by atoms with Crippen molar-refractivity contribution >= 4 is 23.4 Å². The minimum Gasteiger partial charge on any atom is -0.237 e. The van der Waals surface area contributed by atoms with Crippen molar-refractivity contribution in [1.82, 2.24) is 9.97 Å². The van der Waals surface area contributed by atoms with Crippen LogP contribution in [-0.2, 0) is 5.75 Å². The van der Waals surface area contributed by atoms with Crippen molar-refractivity contribution in [2.45, 2.75) is 50.0 Å². The average molecular weight is 257 g/mol. The van der Waals surface area contributed by atoms with Crippen LogP contribution in [-0.4, -0.2) is 15.2 Å². The molecule has 1 atom stereocenters. The first kappa shape index (κ1) is 12.2. The molecule has 1 aromatic heterocycles. The van der Waals surface area contributed by atoms with E-state index in [1.807, 2.05) is 17.8 Å². The van der Waals surface area contributed by atoms with Crippen LogP contribution < -0.4 is 0 Å². The molecule has 1 fully saturated rings. The Morgan fingerprint density at radius 2 is 2.25 bits per heavy atom. The van der Waals surface area contributed by atoms with Gasteiger partial charge < -0.3 is 0 Å². The maximum absolute atomic E-state index is 6.01. The lowest BCUT2D eigenvalue weighted by atomic mass is 10.3. The first-order chi connectivity index (χ1) is 7.69. The Morgan fingerprint density at radius 3 is 2.88 bits per heavy atom. The van der Waals surface area contributed by atoms with Gasteiger partial charge in [-0.2, -0.15) is 11.8 Å². The van der Waals surface area contributed by atoms with Gasteiger partial charge in [0.2, 0.25) is 0 Å². The van der Waals surface area contributed by atoms with Crippen LogP contribution >= 0.6 is 23.4 Å². The molecule has 0 bridgehead atoms. The number of nitrogens with zero attached hydrogens (tertiary/aromatic N) is 2. The van der Waals surface area contributed by atoms with E-state index in [4.69, 9.17) is 11.6 Å². The van der Waals surface area contributed by atoms with Crippen molar-refractivity contribution in [3.05, 3.63) is 22.7 Å². The van der Waals surface area contributed by atoms with Crippen LogP contribution in [0.2, 0.25) is 5.15 Å². The average Bonchev–Trinajstić information content (AvgIpc) is 3.09. The third-order valence-electron chi connectivity index (χ3n) is 2.83. The highest BCUT2D eigenvalue weighted by atomic mass is 35.5. The number of halogens is 1. The minimum absolute atomic E-state index is 0.594. The molecule has 1 aliphatic rings. The van der Waals surface area contributed by atoms with Gasteiger partial charge >= 0.3 is 0 Å². The Labute approximate surface area is 106 Å². The highest BCUT2D eigenvalue weighted by Gasteiger charge is 2.25. The Hall–Kier alpha value is -0.280. The van der Waals surface area contributed by atoms with Gasteiger partial charge in [-0.15, -0.1) is 0 Å². The van der Waals surface area contributed by atoms with Gasteiger partial charge in [0, 0.05) is 16.9 Å². The summed E-state index contributed by atoms with van der Waals surface area (Å²) in [6, 6.07) is 1.91. The highest BCUT2D eigenvalue weighted by molar-refractivity contribution is 7.99. The standard InChI is InChI=1S/C12H17ClN2S/c1-3-8(2)16-7-12-14-10(9-4-5-9)6-11(13)15-12/h6,8-9H,3-5,7H2,1-2H3. The van der Waals surface area contributed by atoms with Crippen molar-refractivity contribution < 1.29 is 0 Å². The summed E-state index contributed by atoms with van der Waals surface area (Å²) >= 11 is 7.91. The second-order valence-electron chi connectivity index (χ2n) is 4.34. The molecule has 0 radical (unpaired) electrons. The first-order valence-corrected chi connectivity index (χ1v) is 7.26. The zero-order valence-corrected chi connectivity index (χ0v) is 11.3. The van der Waals surface area contributed by atoms with E-state index in [2.05, 4.69) is 23.8 Å². The summed E-state index contributed by atoms with van der Waals surface area (Å²) in [6.45, 7) is 4.43. The SMILES string of the molecule is CCC(C)SCc1nc(Cl)cc(C2CC2)n1. The number of rotatable bonds is 5. The quantitative estimate of drug-likeness (QED) is 0.744. The predicted octanol–water partition coefficient (Wildman–Crippen LogP) is 4.04. The molecule has 1 heterocycles. The van der Waals surface area contributed by atoms with E-state index < -0.39 is 0 Å². The summed E-state index contributed by atoms with van der Waals surface area (Å²) in [6.07, 6.45) is 3.69. The predicted molar refractivity (Wildman–Crippen MR) is 70.1 cm³/mol. The largest absolute Gasteiger partial charge is 0.237 e. The van der Waals surface area contributed by atoms with Crippen LogP contribution in [0.5, 0.6) is 0 Å². The summed E-state index contributed by atoms with van der Waals surface area (Å²) in [5.41, 5.74) is 1.14. The molecule has 2 nitrogen and oxygen atoms in total. The summed E-state index contributed by atoms with van der Waals surface area (Å²) in [5.74, 6) is 2.41. The molecule has 0 spiro atoms. The number of thioether (sulfide) groups is 1. The molecule has 0 amide bonds. The molecule has 0 aromatic carbocycles. The van der Waals surface area contributed by atoms with Crippen molar-refractivity contribution in [3.8, 4) is 0 Å². The molecule has 16 heavy (non-hydrogen) atoms. The normalized spacial score (nSPS) is 17.4. The molecule has 0 saturated heterocycles. The first-order valence-electron chi connectivity index (χ1n) is 5.84. The van der Waals surface area contributed by atoms with E-state index in [-0.39, 0.29) is 0 Å². The summed E-state index contributed by atoms with van der Waals surface area (Å²) in [5, 5.41) is 1.25. The second-order valence-corrected chi connectivity index (χ2v) is 6.15. The molecule has 88 valence electrons. The van der Waals surface area contributed by atoms with Crippen LogP contribution in [0.15, 0.2) is 6.07 Å². The lowest BCUT2D eigenvalue weighted by molar-refractivity contribution is 0.894. The van der Waals surface area contributed by atoms with E-state index in [0.717, 1.165) is 17.3 Å². The van der Waals surface area contributed by atoms with Crippen LogP contribution in [0, 0.1) is 0 Å². The van der Waals surface area contributed by atoms with E-state index in [1.54, 1.807) is 0 Å². The maximum atomic E-state index is 6.01. The molecule has 1 aromatic rings. The van der Waals surface area contributed by atoms with Crippen molar-refractivity contribution in [1.29, 1.82) is 0 Å². The molecular formula is C12H17ClN2S. The van der Waals surface area contributed by atoms with Gasteiger partial charge in [-0.3, -0.25) is 0 Å². The summed E-state index contributed by atoms with van der Waals surface area (Å²) < 4.78 is 0. The van der Waals surface area contributed by atoms with Crippen LogP contribution in [0.1, 0.15) is 50.5 Å². The maximum Gasteiger partial charge on any atom is 0.140 e. The van der Waals surface area contributed by atoms with Crippen LogP contribution in [0.25, 0.3) is 0 Å². The third kappa shape index (κ3) is 3.36. The summed E-state index contributed by atoms with van der Waals surface area (Å²) in [7, 11) is 0. The van der Waals surface area contributed by atoms with Gasteiger partial charge in [-0.25, -0.2) is 9.97 Å². The molecule has 0 aliphatic heterocycles. The van der Waals surface area contributed by atoms with E-state index in [1.165, 1.54) is 19.3 Å². The molecular weight excluding hydrogens is 240 g/mol. The molecule has 2 rings (SSSR count). The Balaban J connectivity index is 2.02. The van der Waals surface area contributed by atoms with Gasteiger partial charge in [0.1, 0.15) is 11.0 Å². The highest BCUT2D eigenvalue weighted by Crippen LogP contribution is 2.39. The fraction of sp³-hybridized carbons (Fsp3) is 0.667. The van der Waals surface area contributed by atoms with Gasteiger partial charge in [-0.05, 0) is 25.3 Å². The van der Waals surface area contributed by atoms with Gasteiger partial charge in [-0.1, -0.05) is 25.4 Å². The van der Waals surface area contributed by atoms with Crippen LogP contribution in [0.3, 0.4) is 0 Å². The Morgan fingerprint density at radius 1 is 1.50 bits per heavy atom. The Kier molecular flexibility index (Phi) is 4.09. The molecule has 1 saturated carbocycles. The smallest absolute Gasteiger partial charge is 0.140 e. The number of aromatic nitrogens is 2. The van der Waals surface area contributed by atoms with Gasteiger partial charge in [0.05, 0.1) is 5.75 Å². The lowest BCUT2D eigenvalue weighted by Crippen LogP contribution is -2.00. The van der Waals surface area contributed by atoms with Gasteiger partial charge in [0.15, 0.2) is 0 Å². The monoisotopic (exact) mass is 256 g/mol. The fourth-order valence-electron chi connectivity index (χ4n) is 1.47. The van der Waals surface area contributed by atoms with Crippen LogP contribution in [0.4, 0.5) is 0 Å². The number of hydrogen-bond donors (Lipinski definition) is 0. The minimum atomic E-state index is 0.594. The molecule has 1 aliphatic carbocycles. The van der Waals surface area contributed by atoms with Crippen molar-refractivity contribution in [3.63, 3.8) is 0 Å². The number of hydrogen-bond acceptors (Lipinski definition) is 3. The lowest BCUT2D eigenvalue weighted by Gasteiger charge is -2.08. The molecule has 4 heteroatoms. The topological polar surface area (TPSA) is 25.8 Å². The molecule has 1 unspecified atom stereocenters. The van der Waals surface area contributed by atoms with Gasteiger partial charge in [0.25, 0.3) is 0 Å². The fourth-order valence-corrected chi connectivity index (χ4v) is 2.48.